The second-order valence-electron chi connectivity index (χ2n) is 4.48. The number of methoxy groups -OCH3 is 1. The molecule has 0 heterocycles. The molecule has 0 amide bonds. The molecule has 0 saturated carbocycles. The van der Waals surface area contributed by atoms with Gasteiger partial charge in [0, 0.05) is 17.9 Å². The minimum absolute atomic E-state index is 0.00221. The van der Waals surface area contributed by atoms with Crippen LogP contribution >= 0.6 is 0 Å². The summed E-state index contributed by atoms with van der Waals surface area (Å²) in [7, 11) is 1.16. The Morgan fingerprint density at radius 2 is 2.05 bits per heavy atom. The summed E-state index contributed by atoms with van der Waals surface area (Å²) in [4.78, 5) is 12.5. The van der Waals surface area contributed by atoms with Crippen molar-refractivity contribution in [1.29, 1.82) is 0 Å². The second kappa shape index (κ2) is 6.66. The third-order valence-corrected chi connectivity index (χ3v) is 2.88. The molecule has 0 aliphatic heterocycles. The van der Waals surface area contributed by atoms with Gasteiger partial charge >= 0.3 is 12.1 Å². The van der Waals surface area contributed by atoms with Crippen molar-refractivity contribution < 1.29 is 27.8 Å². The van der Waals surface area contributed by atoms with E-state index >= 15 is 0 Å². The molecule has 5 nitrogen and oxygen atoms in total. The number of ether oxygens (including phenoxy) is 1. The van der Waals surface area contributed by atoms with E-state index in [0.29, 0.717) is 5.56 Å². The topological polar surface area (TPSA) is 75.8 Å². The maximum Gasteiger partial charge on any atom is 0.405 e. The van der Waals surface area contributed by atoms with E-state index in [9.17, 15) is 18.0 Å². The predicted octanol–water partition coefficient (Wildman–Crippen LogP) is 1.72. The van der Waals surface area contributed by atoms with Gasteiger partial charge in [-0.25, -0.2) is 4.79 Å². The van der Waals surface area contributed by atoms with Crippen LogP contribution in [-0.2, 0) is 4.74 Å². The summed E-state index contributed by atoms with van der Waals surface area (Å²) in [5.41, 5.74) is 6.49. The Balaban J connectivity index is 3.25. The van der Waals surface area contributed by atoms with Crippen LogP contribution in [0.5, 0.6) is 0 Å². The van der Waals surface area contributed by atoms with Crippen LogP contribution in [-0.4, -0.2) is 44.1 Å². The van der Waals surface area contributed by atoms with E-state index in [2.05, 4.69) is 4.74 Å². The highest BCUT2D eigenvalue weighted by Crippen LogP contribution is 2.28. The van der Waals surface area contributed by atoms with Crippen LogP contribution in [0.4, 0.5) is 24.5 Å². The number of nitrogen functional groups attached to an aromatic ring is 1. The average molecular weight is 306 g/mol. The maximum atomic E-state index is 12.6. The quantitative estimate of drug-likeness (QED) is 0.640. The number of aryl methyl sites for hydroxylation is 1. The van der Waals surface area contributed by atoms with Gasteiger partial charge in [0.1, 0.15) is 6.54 Å². The van der Waals surface area contributed by atoms with E-state index in [1.807, 2.05) is 0 Å². The summed E-state index contributed by atoms with van der Waals surface area (Å²) in [6, 6.07) is 2.67. The van der Waals surface area contributed by atoms with Gasteiger partial charge in [0.25, 0.3) is 0 Å². The summed E-state index contributed by atoms with van der Waals surface area (Å²) in [5, 5.41) is 8.92. The van der Waals surface area contributed by atoms with Crippen LogP contribution in [0.1, 0.15) is 15.9 Å². The highest BCUT2D eigenvalue weighted by molar-refractivity contribution is 5.97. The highest BCUT2D eigenvalue weighted by atomic mass is 19.4. The Hall–Kier alpha value is -1.96. The molecule has 0 aliphatic rings. The van der Waals surface area contributed by atoms with Gasteiger partial charge in [-0.2, -0.15) is 13.2 Å². The summed E-state index contributed by atoms with van der Waals surface area (Å²) < 4.78 is 42.3. The Kier molecular flexibility index (Phi) is 5.42. The number of nitrogens with zero attached hydrogens (tertiary/aromatic N) is 1. The fraction of sp³-hybridized carbons (Fsp3) is 0.462. The Morgan fingerprint density at radius 1 is 1.43 bits per heavy atom. The van der Waals surface area contributed by atoms with E-state index in [0.717, 1.165) is 12.0 Å². The van der Waals surface area contributed by atoms with Crippen LogP contribution in [0.2, 0.25) is 0 Å². The van der Waals surface area contributed by atoms with Gasteiger partial charge < -0.3 is 20.5 Å². The monoisotopic (exact) mass is 306 g/mol. The summed E-state index contributed by atoms with van der Waals surface area (Å²) in [5.74, 6) is -0.728. The average Bonchev–Trinajstić information content (AvgIpc) is 2.39. The molecule has 0 spiro atoms. The number of halogens is 3. The first-order valence-electron chi connectivity index (χ1n) is 6.10. The molecule has 0 bridgehead atoms. The molecule has 1 rings (SSSR count). The number of aliphatic hydroxyl groups is 1. The summed E-state index contributed by atoms with van der Waals surface area (Å²) in [6.07, 6.45) is -4.43. The van der Waals surface area contributed by atoms with Crippen molar-refractivity contribution in [3.05, 3.63) is 23.3 Å². The number of anilines is 2. The zero-order chi connectivity index (χ0) is 16.2. The molecular formula is C13H17F3N2O3. The van der Waals surface area contributed by atoms with E-state index in [1.54, 1.807) is 6.92 Å². The summed E-state index contributed by atoms with van der Waals surface area (Å²) >= 11 is 0. The highest BCUT2D eigenvalue weighted by Gasteiger charge is 2.31. The fourth-order valence-corrected chi connectivity index (χ4v) is 1.88. The predicted molar refractivity (Wildman–Crippen MR) is 72.3 cm³/mol. The molecule has 0 saturated heterocycles. The summed E-state index contributed by atoms with van der Waals surface area (Å²) in [6.45, 7) is -0.329. The molecule has 118 valence electrons. The molecule has 21 heavy (non-hydrogen) atoms. The maximum absolute atomic E-state index is 12.6. The number of carbonyl (C=O) groups is 1. The Morgan fingerprint density at radius 3 is 2.52 bits per heavy atom. The normalized spacial score (nSPS) is 11.3. The van der Waals surface area contributed by atoms with Gasteiger partial charge in [-0.05, 0) is 24.6 Å². The first kappa shape index (κ1) is 17.1. The minimum atomic E-state index is -4.43. The first-order chi connectivity index (χ1) is 9.69. The third kappa shape index (κ3) is 4.52. The zero-order valence-electron chi connectivity index (χ0n) is 11.7. The Bertz CT molecular complexity index is 518. The lowest BCUT2D eigenvalue weighted by atomic mass is 10.1. The Labute approximate surface area is 120 Å². The first-order valence-corrected chi connectivity index (χ1v) is 6.10. The molecule has 0 unspecified atom stereocenters. The lowest BCUT2D eigenvalue weighted by Gasteiger charge is -2.26. The number of hydrogen-bond acceptors (Lipinski definition) is 5. The number of aliphatic hydroxyl groups excluding tert-OH is 1. The second-order valence-corrected chi connectivity index (χ2v) is 4.48. The number of esters is 1. The van der Waals surface area contributed by atoms with Crippen molar-refractivity contribution in [2.45, 2.75) is 13.1 Å². The van der Waals surface area contributed by atoms with Crippen LogP contribution in [0.3, 0.4) is 0 Å². The molecule has 0 radical (unpaired) electrons. The lowest BCUT2D eigenvalue weighted by molar-refractivity contribution is -0.119. The van der Waals surface area contributed by atoms with Gasteiger partial charge in [-0.3, -0.25) is 0 Å². The fourth-order valence-electron chi connectivity index (χ4n) is 1.88. The SMILES string of the molecule is COC(=O)c1cc(N(CCO)CC(F)(F)F)cc(C)c1N. The molecule has 1 aromatic carbocycles. The van der Waals surface area contributed by atoms with Gasteiger partial charge in [-0.15, -0.1) is 0 Å². The standard InChI is InChI=1S/C13H17F3N2O3/c1-8-5-9(6-10(11(8)17)12(20)21-2)18(3-4-19)7-13(14,15)16/h5-6,19H,3-4,7,17H2,1-2H3. The van der Waals surface area contributed by atoms with Crippen molar-refractivity contribution in [1.82, 2.24) is 0 Å². The molecule has 0 atom stereocenters. The lowest BCUT2D eigenvalue weighted by Crippen LogP contribution is -2.36. The number of alkyl halides is 3. The van der Waals surface area contributed by atoms with E-state index in [4.69, 9.17) is 10.8 Å². The van der Waals surface area contributed by atoms with Crippen molar-refractivity contribution >= 4 is 17.3 Å². The molecule has 0 aliphatic carbocycles. The zero-order valence-corrected chi connectivity index (χ0v) is 11.7. The largest absolute Gasteiger partial charge is 0.465 e. The van der Waals surface area contributed by atoms with Crippen molar-refractivity contribution in [3.63, 3.8) is 0 Å². The minimum Gasteiger partial charge on any atom is -0.465 e. The number of hydrogen-bond donors (Lipinski definition) is 2. The van der Waals surface area contributed by atoms with E-state index < -0.39 is 25.3 Å². The van der Waals surface area contributed by atoms with Crippen LogP contribution < -0.4 is 10.6 Å². The van der Waals surface area contributed by atoms with Crippen LogP contribution in [0.25, 0.3) is 0 Å². The van der Waals surface area contributed by atoms with Gasteiger partial charge in [0.2, 0.25) is 0 Å². The molecule has 1 aromatic rings. The molecular weight excluding hydrogens is 289 g/mol. The van der Waals surface area contributed by atoms with Gasteiger partial charge in [-0.1, -0.05) is 0 Å². The smallest absolute Gasteiger partial charge is 0.405 e. The van der Waals surface area contributed by atoms with Gasteiger partial charge in [0.15, 0.2) is 0 Å². The molecule has 0 aromatic heterocycles. The number of carbonyl (C=O) groups excluding carboxylic acids is 1. The van der Waals surface area contributed by atoms with Gasteiger partial charge in [0.05, 0.1) is 19.3 Å². The van der Waals surface area contributed by atoms with Crippen molar-refractivity contribution in [2.24, 2.45) is 0 Å². The molecule has 8 heteroatoms. The molecule has 3 N–H and O–H groups in total. The van der Waals surface area contributed by atoms with Crippen LogP contribution in [0.15, 0.2) is 12.1 Å². The number of benzene rings is 1. The van der Waals surface area contributed by atoms with Crippen molar-refractivity contribution in [3.8, 4) is 0 Å². The van der Waals surface area contributed by atoms with E-state index in [1.165, 1.54) is 12.1 Å². The van der Waals surface area contributed by atoms with Crippen molar-refractivity contribution in [2.75, 3.05) is 37.4 Å². The van der Waals surface area contributed by atoms with Crippen LogP contribution in [0, 0.1) is 6.92 Å². The number of rotatable bonds is 5. The molecule has 0 fully saturated rings. The third-order valence-electron chi connectivity index (χ3n) is 2.88. The number of nitrogens with two attached hydrogens (primary N) is 1. The van der Waals surface area contributed by atoms with E-state index in [-0.39, 0.29) is 23.5 Å².